The van der Waals surface area contributed by atoms with E-state index in [0.717, 1.165) is 5.56 Å². The molecule has 0 bridgehead atoms. The third kappa shape index (κ3) is 3.96. The van der Waals surface area contributed by atoms with Crippen molar-refractivity contribution < 1.29 is 13.9 Å². The Morgan fingerprint density at radius 3 is 2.67 bits per heavy atom. The zero-order valence-corrected chi connectivity index (χ0v) is 11.5. The van der Waals surface area contributed by atoms with E-state index in [-0.39, 0.29) is 18.0 Å². The molecular formula is C14H22FNO2. The van der Waals surface area contributed by atoms with Gasteiger partial charge in [-0.3, -0.25) is 0 Å². The molecule has 2 unspecified atom stereocenters. The van der Waals surface area contributed by atoms with Crippen LogP contribution in [0.1, 0.15) is 32.4 Å². The molecule has 0 aliphatic heterocycles. The lowest BCUT2D eigenvalue weighted by molar-refractivity contribution is 0.0629. The highest BCUT2D eigenvalue weighted by molar-refractivity contribution is 5.37. The van der Waals surface area contributed by atoms with Gasteiger partial charge in [0.05, 0.1) is 6.61 Å². The molecule has 1 rings (SSSR count). The van der Waals surface area contributed by atoms with Gasteiger partial charge in [0.1, 0.15) is 6.10 Å². The number of rotatable bonds is 7. The SMILES string of the molecule is CCOCC(C)Oc1c(F)cccc1C(C)NC. The molecule has 0 spiro atoms. The Bertz CT molecular complexity index is 371. The maximum Gasteiger partial charge on any atom is 0.165 e. The van der Waals surface area contributed by atoms with Crippen molar-refractivity contribution in [3.05, 3.63) is 29.6 Å². The van der Waals surface area contributed by atoms with Crippen LogP contribution >= 0.6 is 0 Å². The number of hydrogen-bond donors (Lipinski definition) is 1. The van der Waals surface area contributed by atoms with Crippen LogP contribution in [-0.4, -0.2) is 26.4 Å². The smallest absolute Gasteiger partial charge is 0.165 e. The summed E-state index contributed by atoms with van der Waals surface area (Å²) in [6, 6.07) is 5.01. The van der Waals surface area contributed by atoms with Gasteiger partial charge < -0.3 is 14.8 Å². The molecule has 0 saturated carbocycles. The van der Waals surface area contributed by atoms with Crippen molar-refractivity contribution in [3.63, 3.8) is 0 Å². The van der Waals surface area contributed by atoms with E-state index in [1.807, 2.05) is 33.9 Å². The van der Waals surface area contributed by atoms with Crippen molar-refractivity contribution in [1.29, 1.82) is 0 Å². The van der Waals surface area contributed by atoms with Crippen LogP contribution in [0.15, 0.2) is 18.2 Å². The highest BCUT2D eigenvalue weighted by Crippen LogP contribution is 2.28. The van der Waals surface area contributed by atoms with Crippen molar-refractivity contribution in [1.82, 2.24) is 5.32 Å². The number of para-hydroxylation sites is 1. The predicted octanol–water partition coefficient (Wildman–Crippen LogP) is 2.91. The maximum atomic E-state index is 13.8. The standard InChI is InChI=1S/C14H22FNO2/c1-5-17-9-10(2)18-14-12(11(3)16-4)7-6-8-13(14)15/h6-8,10-11,16H,5,9H2,1-4H3. The zero-order valence-electron chi connectivity index (χ0n) is 11.5. The normalized spacial score (nSPS) is 14.3. The van der Waals surface area contributed by atoms with E-state index in [0.29, 0.717) is 19.0 Å². The van der Waals surface area contributed by atoms with Gasteiger partial charge in [0.15, 0.2) is 11.6 Å². The fourth-order valence-corrected chi connectivity index (χ4v) is 1.67. The van der Waals surface area contributed by atoms with Crippen molar-refractivity contribution in [3.8, 4) is 5.75 Å². The molecule has 0 fully saturated rings. The van der Waals surface area contributed by atoms with Gasteiger partial charge in [0.25, 0.3) is 0 Å². The Balaban J connectivity index is 2.85. The second kappa shape index (κ2) is 7.34. The van der Waals surface area contributed by atoms with E-state index >= 15 is 0 Å². The molecule has 4 heteroatoms. The molecule has 0 amide bonds. The fourth-order valence-electron chi connectivity index (χ4n) is 1.67. The summed E-state index contributed by atoms with van der Waals surface area (Å²) in [6.45, 7) is 6.85. The minimum atomic E-state index is -0.335. The lowest BCUT2D eigenvalue weighted by Gasteiger charge is -2.20. The zero-order chi connectivity index (χ0) is 13.5. The molecule has 1 aromatic carbocycles. The van der Waals surface area contributed by atoms with Gasteiger partial charge in [-0.05, 0) is 33.9 Å². The lowest BCUT2D eigenvalue weighted by atomic mass is 10.1. The molecule has 1 aromatic rings. The van der Waals surface area contributed by atoms with Gasteiger partial charge in [-0.1, -0.05) is 12.1 Å². The molecule has 0 aliphatic carbocycles. The molecule has 0 aliphatic rings. The van der Waals surface area contributed by atoms with E-state index in [2.05, 4.69) is 5.32 Å². The van der Waals surface area contributed by atoms with Crippen LogP contribution in [0.3, 0.4) is 0 Å². The lowest BCUT2D eigenvalue weighted by Crippen LogP contribution is -2.22. The maximum absolute atomic E-state index is 13.8. The molecule has 3 nitrogen and oxygen atoms in total. The molecular weight excluding hydrogens is 233 g/mol. The van der Waals surface area contributed by atoms with Gasteiger partial charge in [-0.2, -0.15) is 0 Å². The summed E-state index contributed by atoms with van der Waals surface area (Å²) >= 11 is 0. The quantitative estimate of drug-likeness (QED) is 0.812. The minimum Gasteiger partial charge on any atom is -0.485 e. The topological polar surface area (TPSA) is 30.5 Å². The molecule has 2 atom stereocenters. The predicted molar refractivity (Wildman–Crippen MR) is 70.5 cm³/mol. The van der Waals surface area contributed by atoms with E-state index in [4.69, 9.17) is 9.47 Å². The third-order valence-electron chi connectivity index (χ3n) is 2.77. The summed E-state index contributed by atoms with van der Waals surface area (Å²) in [5.74, 6) is -0.0236. The number of benzene rings is 1. The third-order valence-corrected chi connectivity index (χ3v) is 2.77. The second-order valence-electron chi connectivity index (χ2n) is 4.26. The number of hydrogen-bond acceptors (Lipinski definition) is 3. The van der Waals surface area contributed by atoms with Crippen LogP contribution in [0, 0.1) is 5.82 Å². The first-order chi connectivity index (χ1) is 8.60. The molecule has 0 saturated heterocycles. The second-order valence-corrected chi connectivity index (χ2v) is 4.26. The summed E-state index contributed by atoms with van der Waals surface area (Å²) in [4.78, 5) is 0. The van der Waals surface area contributed by atoms with Crippen LogP contribution in [0.4, 0.5) is 4.39 Å². The monoisotopic (exact) mass is 255 g/mol. The molecule has 0 aromatic heterocycles. The fraction of sp³-hybridized carbons (Fsp3) is 0.571. The van der Waals surface area contributed by atoms with Gasteiger partial charge in [-0.15, -0.1) is 0 Å². The number of nitrogens with one attached hydrogen (secondary N) is 1. The summed E-state index contributed by atoms with van der Waals surface area (Å²) in [7, 11) is 1.84. The molecule has 18 heavy (non-hydrogen) atoms. The van der Waals surface area contributed by atoms with Crippen molar-refractivity contribution >= 4 is 0 Å². The Morgan fingerprint density at radius 1 is 1.33 bits per heavy atom. The summed E-state index contributed by atoms with van der Waals surface area (Å²) in [5, 5.41) is 3.09. The van der Waals surface area contributed by atoms with E-state index in [1.165, 1.54) is 6.07 Å². The van der Waals surface area contributed by atoms with Crippen molar-refractivity contribution in [2.75, 3.05) is 20.3 Å². The van der Waals surface area contributed by atoms with Gasteiger partial charge in [0.2, 0.25) is 0 Å². The highest BCUT2D eigenvalue weighted by Gasteiger charge is 2.16. The van der Waals surface area contributed by atoms with E-state index in [9.17, 15) is 4.39 Å². The number of halogens is 1. The Morgan fingerprint density at radius 2 is 2.06 bits per heavy atom. The van der Waals surface area contributed by atoms with Gasteiger partial charge in [0, 0.05) is 18.2 Å². The Kier molecular flexibility index (Phi) is 6.09. The van der Waals surface area contributed by atoms with E-state index in [1.54, 1.807) is 6.07 Å². The highest BCUT2D eigenvalue weighted by atomic mass is 19.1. The average Bonchev–Trinajstić information content (AvgIpc) is 2.37. The molecule has 0 heterocycles. The summed E-state index contributed by atoms with van der Waals surface area (Å²) in [6.07, 6.45) is -0.176. The van der Waals surface area contributed by atoms with Gasteiger partial charge >= 0.3 is 0 Å². The van der Waals surface area contributed by atoms with Crippen LogP contribution in [-0.2, 0) is 4.74 Å². The number of ether oxygens (including phenoxy) is 2. The van der Waals surface area contributed by atoms with Crippen LogP contribution in [0.2, 0.25) is 0 Å². The van der Waals surface area contributed by atoms with Crippen molar-refractivity contribution in [2.24, 2.45) is 0 Å². The minimum absolute atomic E-state index is 0.0370. The van der Waals surface area contributed by atoms with Crippen LogP contribution < -0.4 is 10.1 Å². The van der Waals surface area contributed by atoms with Gasteiger partial charge in [-0.25, -0.2) is 4.39 Å². The first-order valence-corrected chi connectivity index (χ1v) is 6.30. The molecule has 1 N–H and O–H groups in total. The first-order valence-electron chi connectivity index (χ1n) is 6.30. The Labute approximate surface area is 108 Å². The first kappa shape index (κ1) is 14.9. The Hall–Kier alpha value is -1.13. The van der Waals surface area contributed by atoms with E-state index < -0.39 is 0 Å². The largest absolute Gasteiger partial charge is 0.485 e. The van der Waals surface area contributed by atoms with Crippen LogP contribution in [0.25, 0.3) is 0 Å². The average molecular weight is 255 g/mol. The van der Waals surface area contributed by atoms with Crippen molar-refractivity contribution in [2.45, 2.75) is 32.9 Å². The summed E-state index contributed by atoms with van der Waals surface area (Å²) < 4.78 is 24.8. The molecule has 0 radical (unpaired) electrons. The summed E-state index contributed by atoms with van der Waals surface area (Å²) in [5.41, 5.74) is 0.820. The van der Waals surface area contributed by atoms with Crippen LogP contribution in [0.5, 0.6) is 5.75 Å². The molecule has 102 valence electrons.